The molecule has 1 aliphatic rings. The first-order valence-corrected chi connectivity index (χ1v) is 8.22. The second kappa shape index (κ2) is 6.12. The van der Waals surface area contributed by atoms with E-state index in [-0.39, 0.29) is 0 Å². The van der Waals surface area contributed by atoms with Gasteiger partial charge in [-0.15, -0.1) is 11.3 Å². The van der Waals surface area contributed by atoms with Crippen LogP contribution in [0.4, 0.5) is 0 Å². The van der Waals surface area contributed by atoms with Crippen LogP contribution in [0.25, 0.3) is 20.7 Å². The SMILES string of the molecule is [c]1ncnc2cc(-c3cccc(CN4CCOCC4)c3)sc12. The molecule has 0 unspecified atom stereocenters. The van der Waals surface area contributed by atoms with Crippen molar-refractivity contribution in [2.45, 2.75) is 6.54 Å². The highest BCUT2D eigenvalue weighted by Crippen LogP contribution is 2.32. The van der Waals surface area contributed by atoms with Gasteiger partial charge >= 0.3 is 0 Å². The van der Waals surface area contributed by atoms with E-state index in [0.717, 1.165) is 43.1 Å². The molecule has 1 fully saturated rings. The summed E-state index contributed by atoms with van der Waals surface area (Å²) in [6.45, 7) is 4.68. The van der Waals surface area contributed by atoms with Crippen molar-refractivity contribution in [2.24, 2.45) is 0 Å². The molecule has 0 N–H and O–H groups in total. The van der Waals surface area contributed by atoms with Gasteiger partial charge in [0, 0.05) is 24.5 Å². The molecular formula is C17H16N3OS. The third-order valence-electron chi connectivity index (χ3n) is 3.85. The summed E-state index contributed by atoms with van der Waals surface area (Å²) in [6, 6.07) is 10.9. The van der Waals surface area contributed by atoms with Crippen LogP contribution < -0.4 is 0 Å². The second-order valence-electron chi connectivity index (χ2n) is 5.40. The third-order valence-corrected chi connectivity index (χ3v) is 4.93. The highest BCUT2D eigenvalue weighted by Gasteiger charge is 2.11. The normalized spacial score (nSPS) is 16.2. The molecule has 2 aromatic heterocycles. The summed E-state index contributed by atoms with van der Waals surface area (Å²) in [5.41, 5.74) is 3.54. The van der Waals surface area contributed by atoms with Gasteiger partial charge in [-0.1, -0.05) is 18.2 Å². The lowest BCUT2D eigenvalue weighted by molar-refractivity contribution is 0.0342. The minimum atomic E-state index is 0.838. The molecule has 1 saturated heterocycles. The van der Waals surface area contributed by atoms with E-state index in [9.17, 15) is 0 Å². The number of rotatable bonds is 3. The zero-order valence-electron chi connectivity index (χ0n) is 12.2. The lowest BCUT2D eigenvalue weighted by atomic mass is 10.1. The molecule has 3 heterocycles. The Labute approximate surface area is 133 Å². The maximum absolute atomic E-state index is 5.41. The Balaban J connectivity index is 1.60. The number of fused-ring (bicyclic) bond motifs is 1. The zero-order chi connectivity index (χ0) is 14.8. The zero-order valence-corrected chi connectivity index (χ0v) is 13.0. The van der Waals surface area contributed by atoms with Crippen molar-refractivity contribution in [3.05, 3.63) is 48.4 Å². The van der Waals surface area contributed by atoms with E-state index < -0.39 is 0 Å². The number of benzene rings is 1. The Morgan fingerprint density at radius 3 is 3.00 bits per heavy atom. The number of hydrogen-bond acceptors (Lipinski definition) is 5. The van der Waals surface area contributed by atoms with Gasteiger partial charge in [-0.3, -0.25) is 4.90 Å². The van der Waals surface area contributed by atoms with E-state index in [1.807, 2.05) is 0 Å². The van der Waals surface area contributed by atoms with Crippen molar-refractivity contribution < 1.29 is 4.74 Å². The summed E-state index contributed by atoms with van der Waals surface area (Å²) < 4.78 is 6.42. The standard InChI is InChI=1S/C17H16N3OS/c1-2-13(11-20-4-6-21-7-5-20)8-14(3-1)16-9-15-17(22-16)10-18-12-19-15/h1-3,8-9,12H,4-7,11H2. The van der Waals surface area contributed by atoms with E-state index in [0.29, 0.717) is 0 Å². The van der Waals surface area contributed by atoms with Gasteiger partial charge < -0.3 is 4.74 Å². The van der Waals surface area contributed by atoms with E-state index in [2.05, 4.69) is 51.4 Å². The Bertz CT molecular complexity index is 747. The molecule has 111 valence electrons. The van der Waals surface area contributed by atoms with Crippen molar-refractivity contribution >= 4 is 21.6 Å². The summed E-state index contributed by atoms with van der Waals surface area (Å²) in [4.78, 5) is 11.9. The maximum atomic E-state index is 5.41. The Morgan fingerprint density at radius 2 is 2.14 bits per heavy atom. The number of hydrogen-bond donors (Lipinski definition) is 0. The first kappa shape index (κ1) is 13.8. The first-order chi connectivity index (χ1) is 10.9. The van der Waals surface area contributed by atoms with Crippen LogP contribution in [0.15, 0.2) is 36.7 Å². The van der Waals surface area contributed by atoms with Gasteiger partial charge in [0.1, 0.15) is 12.5 Å². The molecule has 1 radical (unpaired) electrons. The summed E-state index contributed by atoms with van der Waals surface area (Å²) in [5.74, 6) is 0. The molecule has 0 spiro atoms. The molecule has 1 aliphatic heterocycles. The fourth-order valence-electron chi connectivity index (χ4n) is 2.72. The molecule has 5 heteroatoms. The number of aromatic nitrogens is 2. The van der Waals surface area contributed by atoms with Crippen LogP contribution in [-0.2, 0) is 11.3 Å². The van der Waals surface area contributed by atoms with Crippen LogP contribution in [-0.4, -0.2) is 41.2 Å². The molecule has 22 heavy (non-hydrogen) atoms. The topological polar surface area (TPSA) is 38.2 Å². The average molecular weight is 310 g/mol. The molecule has 3 aromatic rings. The van der Waals surface area contributed by atoms with Crippen LogP contribution >= 0.6 is 11.3 Å². The fraction of sp³-hybridized carbons (Fsp3) is 0.294. The van der Waals surface area contributed by atoms with Gasteiger partial charge in [0.05, 0.1) is 23.4 Å². The van der Waals surface area contributed by atoms with Gasteiger partial charge in [0.15, 0.2) is 0 Å². The van der Waals surface area contributed by atoms with Gasteiger partial charge in [-0.05, 0) is 23.3 Å². The summed E-state index contributed by atoms with van der Waals surface area (Å²) in [7, 11) is 0. The molecular weight excluding hydrogens is 294 g/mol. The fourth-order valence-corrected chi connectivity index (χ4v) is 3.67. The predicted octanol–water partition coefficient (Wildman–Crippen LogP) is 2.99. The highest BCUT2D eigenvalue weighted by molar-refractivity contribution is 7.22. The van der Waals surface area contributed by atoms with E-state index >= 15 is 0 Å². The van der Waals surface area contributed by atoms with Crippen LogP contribution in [0, 0.1) is 6.20 Å². The maximum Gasteiger partial charge on any atom is 0.116 e. The van der Waals surface area contributed by atoms with Crippen LogP contribution in [0.3, 0.4) is 0 Å². The number of morpholine rings is 1. The molecule has 0 aliphatic carbocycles. The smallest absolute Gasteiger partial charge is 0.116 e. The number of nitrogens with zero attached hydrogens (tertiary/aromatic N) is 3. The van der Waals surface area contributed by atoms with E-state index in [1.54, 1.807) is 17.7 Å². The monoisotopic (exact) mass is 310 g/mol. The minimum Gasteiger partial charge on any atom is -0.379 e. The van der Waals surface area contributed by atoms with Crippen molar-refractivity contribution in [3.8, 4) is 10.4 Å². The van der Waals surface area contributed by atoms with Gasteiger partial charge in [-0.2, -0.15) is 0 Å². The highest BCUT2D eigenvalue weighted by atomic mass is 32.1. The molecule has 4 nitrogen and oxygen atoms in total. The molecule has 4 rings (SSSR count). The summed E-state index contributed by atoms with van der Waals surface area (Å²) >= 11 is 1.69. The number of thiophene rings is 1. The third kappa shape index (κ3) is 2.88. The summed E-state index contributed by atoms with van der Waals surface area (Å²) in [6.07, 6.45) is 4.55. The Kier molecular flexibility index (Phi) is 3.84. The largest absolute Gasteiger partial charge is 0.379 e. The lowest BCUT2D eigenvalue weighted by Gasteiger charge is -2.26. The van der Waals surface area contributed by atoms with Crippen molar-refractivity contribution in [2.75, 3.05) is 26.3 Å². The van der Waals surface area contributed by atoms with Crippen LogP contribution in [0.2, 0.25) is 0 Å². The lowest BCUT2D eigenvalue weighted by Crippen LogP contribution is -2.35. The van der Waals surface area contributed by atoms with Crippen LogP contribution in [0.5, 0.6) is 0 Å². The average Bonchev–Trinajstić information content (AvgIpc) is 3.00. The Morgan fingerprint density at radius 1 is 1.23 bits per heavy atom. The molecule has 0 saturated carbocycles. The number of ether oxygens (including phenoxy) is 1. The second-order valence-corrected chi connectivity index (χ2v) is 6.45. The molecule has 0 bridgehead atoms. The van der Waals surface area contributed by atoms with E-state index in [4.69, 9.17) is 4.74 Å². The van der Waals surface area contributed by atoms with Gasteiger partial charge in [0.2, 0.25) is 0 Å². The quantitative estimate of drug-likeness (QED) is 0.745. The van der Waals surface area contributed by atoms with Crippen molar-refractivity contribution in [1.82, 2.24) is 14.9 Å². The Hall–Kier alpha value is -1.82. The molecule has 1 aromatic carbocycles. The van der Waals surface area contributed by atoms with E-state index in [1.165, 1.54) is 16.0 Å². The predicted molar refractivity (Wildman–Crippen MR) is 87.8 cm³/mol. The van der Waals surface area contributed by atoms with Gasteiger partial charge in [0.25, 0.3) is 0 Å². The van der Waals surface area contributed by atoms with Crippen LogP contribution in [0.1, 0.15) is 5.56 Å². The summed E-state index contributed by atoms with van der Waals surface area (Å²) in [5, 5.41) is 0. The van der Waals surface area contributed by atoms with Crippen molar-refractivity contribution in [3.63, 3.8) is 0 Å². The van der Waals surface area contributed by atoms with Crippen molar-refractivity contribution in [1.29, 1.82) is 0 Å². The van der Waals surface area contributed by atoms with Gasteiger partial charge in [-0.25, -0.2) is 9.97 Å². The molecule has 0 atom stereocenters. The molecule has 0 amide bonds. The minimum absolute atomic E-state index is 0.838. The first-order valence-electron chi connectivity index (χ1n) is 7.40.